The van der Waals surface area contributed by atoms with Crippen LogP contribution in [0.1, 0.15) is 21.6 Å². The summed E-state index contributed by atoms with van der Waals surface area (Å²) in [4.78, 5) is 17.4. The maximum absolute atomic E-state index is 14.0. The molecule has 1 N–H and O–H groups in total. The van der Waals surface area contributed by atoms with Crippen LogP contribution in [-0.4, -0.2) is 29.4 Å². The number of nitrogens with one attached hydrogen (secondary N) is 1. The van der Waals surface area contributed by atoms with Gasteiger partial charge in [0.25, 0.3) is 5.91 Å². The summed E-state index contributed by atoms with van der Waals surface area (Å²) in [5, 5.41) is 0.919. The Kier molecular flexibility index (Phi) is 3.86. The van der Waals surface area contributed by atoms with E-state index in [1.54, 1.807) is 7.11 Å². The Labute approximate surface area is 147 Å². The van der Waals surface area contributed by atoms with E-state index in [1.807, 2.05) is 18.2 Å². The monoisotopic (exact) mass is 360 g/mol. The Balaban J connectivity index is 1.70. The van der Waals surface area contributed by atoms with E-state index in [2.05, 4.69) is 4.98 Å². The summed E-state index contributed by atoms with van der Waals surface area (Å²) < 4.78 is 45.8. The highest BCUT2D eigenvalue weighted by atomic mass is 19.2. The van der Waals surface area contributed by atoms with E-state index in [4.69, 9.17) is 4.74 Å². The highest BCUT2D eigenvalue weighted by Crippen LogP contribution is 2.31. The number of hydrogen-bond acceptors (Lipinski definition) is 2. The second-order valence-corrected chi connectivity index (χ2v) is 6.19. The first-order valence-electron chi connectivity index (χ1n) is 8.10. The van der Waals surface area contributed by atoms with Gasteiger partial charge in [0.2, 0.25) is 0 Å². The number of fused-ring (bicyclic) bond motifs is 3. The molecule has 7 heteroatoms. The highest BCUT2D eigenvalue weighted by molar-refractivity contribution is 5.95. The van der Waals surface area contributed by atoms with Gasteiger partial charge >= 0.3 is 0 Å². The lowest BCUT2D eigenvalue weighted by Gasteiger charge is -2.27. The molecule has 4 nitrogen and oxygen atoms in total. The SMILES string of the molecule is COc1ccc2[nH]c3c(c2c1)CN(C(=O)c1ccc(F)c(F)c1F)CC3. The van der Waals surface area contributed by atoms with Gasteiger partial charge in [0.1, 0.15) is 5.75 Å². The van der Waals surface area contributed by atoms with Crippen molar-refractivity contribution in [1.82, 2.24) is 9.88 Å². The molecule has 1 aliphatic rings. The molecule has 0 bridgehead atoms. The van der Waals surface area contributed by atoms with Crippen molar-refractivity contribution in [3.05, 3.63) is 64.6 Å². The molecular formula is C19H15F3N2O2. The van der Waals surface area contributed by atoms with Crippen LogP contribution in [0.5, 0.6) is 5.75 Å². The average Bonchev–Trinajstić information content (AvgIpc) is 3.02. The van der Waals surface area contributed by atoms with Crippen LogP contribution in [0.4, 0.5) is 13.2 Å². The predicted octanol–water partition coefficient (Wildman–Crippen LogP) is 3.79. The zero-order valence-electron chi connectivity index (χ0n) is 13.9. The first-order chi connectivity index (χ1) is 12.5. The summed E-state index contributed by atoms with van der Waals surface area (Å²) in [6.45, 7) is 0.605. The molecule has 1 aliphatic heterocycles. The quantitative estimate of drug-likeness (QED) is 0.707. The zero-order valence-corrected chi connectivity index (χ0v) is 13.9. The van der Waals surface area contributed by atoms with Crippen molar-refractivity contribution >= 4 is 16.8 Å². The highest BCUT2D eigenvalue weighted by Gasteiger charge is 2.28. The van der Waals surface area contributed by atoms with Gasteiger partial charge in [-0.2, -0.15) is 0 Å². The van der Waals surface area contributed by atoms with Crippen LogP contribution in [0, 0.1) is 17.5 Å². The van der Waals surface area contributed by atoms with Gasteiger partial charge in [-0.25, -0.2) is 13.2 Å². The average molecular weight is 360 g/mol. The van der Waals surface area contributed by atoms with Crippen molar-refractivity contribution in [2.75, 3.05) is 13.7 Å². The lowest BCUT2D eigenvalue weighted by molar-refractivity contribution is 0.0729. The Morgan fingerprint density at radius 1 is 1.15 bits per heavy atom. The van der Waals surface area contributed by atoms with E-state index >= 15 is 0 Å². The maximum atomic E-state index is 14.0. The number of ether oxygens (including phenoxy) is 1. The Morgan fingerprint density at radius 3 is 2.73 bits per heavy atom. The van der Waals surface area contributed by atoms with Crippen LogP contribution >= 0.6 is 0 Å². The number of nitrogens with zero attached hydrogens (tertiary/aromatic N) is 1. The fourth-order valence-corrected chi connectivity index (χ4v) is 3.36. The molecule has 1 aromatic heterocycles. The van der Waals surface area contributed by atoms with Crippen molar-refractivity contribution in [1.29, 1.82) is 0 Å². The minimum atomic E-state index is -1.63. The van der Waals surface area contributed by atoms with Crippen molar-refractivity contribution in [2.24, 2.45) is 0 Å². The van der Waals surface area contributed by atoms with E-state index in [-0.39, 0.29) is 6.54 Å². The third-order valence-corrected chi connectivity index (χ3v) is 4.74. The van der Waals surface area contributed by atoms with Crippen molar-refractivity contribution < 1.29 is 22.7 Å². The molecule has 26 heavy (non-hydrogen) atoms. The second kappa shape index (κ2) is 6.09. The number of H-pyrrole nitrogens is 1. The first-order valence-corrected chi connectivity index (χ1v) is 8.10. The molecule has 0 radical (unpaired) electrons. The number of aromatic nitrogens is 1. The fraction of sp³-hybridized carbons (Fsp3) is 0.211. The van der Waals surface area contributed by atoms with Crippen LogP contribution in [0.25, 0.3) is 10.9 Å². The summed E-state index contributed by atoms with van der Waals surface area (Å²) in [5.74, 6) is -4.38. The van der Waals surface area contributed by atoms with Crippen LogP contribution in [0.15, 0.2) is 30.3 Å². The van der Waals surface area contributed by atoms with E-state index < -0.39 is 28.9 Å². The summed E-state index contributed by atoms with van der Waals surface area (Å²) in [5.41, 5.74) is 2.37. The van der Waals surface area contributed by atoms with Crippen molar-refractivity contribution in [2.45, 2.75) is 13.0 Å². The topological polar surface area (TPSA) is 45.3 Å². The van der Waals surface area contributed by atoms with Gasteiger partial charge in [0, 0.05) is 41.7 Å². The van der Waals surface area contributed by atoms with Gasteiger partial charge in [-0.3, -0.25) is 4.79 Å². The molecule has 0 saturated carbocycles. The summed E-state index contributed by atoms with van der Waals surface area (Å²) >= 11 is 0. The largest absolute Gasteiger partial charge is 0.497 e. The molecule has 3 aromatic rings. The number of rotatable bonds is 2. The van der Waals surface area contributed by atoms with E-state index in [1.165, 1.54) is 4.90 Å². The molecule has 0 spiro atoms. The predicted molar refractivity (Wildman–Crippen MR) is 89.6 cm³/mol. The number of halogens is 3. The molecule has 4 rings (SSSR count). The molecule has 0 fully saturated rings. The Morgan fingerprint density at radius 2 is 1.96 bits per heavy atom. The number of aromatic amines is 1. The number of carbonyl (C=O) groups excluding carboxylic acids is 1. The summed E-state index contributed by atoms with van der Waals surface area (Å²) in [6.07, 6.45) is 0.559. The van der Waals surface area contributed by atoms with Gasteiger partial charge in [-0.1, -0.05) is 0 Å². The third kappa shape index (κ3) is 2.51. The van der Waals surface area contributed by atoms with Crippen LogP contribution in [0.3, 0.4) is 0 Å². The molecule has 0 aliphatic carbocycles. The van der Waals surface area contributed by atoms with Gasteiger partial charge < -0.3 is 14.6 Å². The number of benzene rings is 2. The lowest BCUT2D eigenvalue weighted by Crippen LogP contribution is -2.36. The van der Waals surface area contributed by atoms with Gasteiger partial charge in [0.15, 0.2) is 17.5 Å². The lowest BCUT2D eigenvalue weighted by atomic mass is 10.0. The second-order valence-electron chi connectivity index (χ2n) is 6.19. The zero-order chi connectivity index (χ0) is 18.4. The van der Waals surface area contributed by atoms with E-state index in [0.717, 1.165) is 34.3 Å². The summed E-state index contributed by atoms with van der Waals surface area (Å²) in [7, 11) is 1.57. The number of methoxy groups -OCH3 is 1. The van der Waals surface area contributed by atoms with Gasteiger partial charge in [-0.15, -0.1) is 0 Å². The van der Waals surface area contributed by atoms with Crippen LogP contribution in [0.2, 0.25) is 0 Å². The van der Waals surface area contributed by atoms with Crippen LogP contribution < -0.4 is 4.74 Å². The molecule has 2 aromatic carbocycles. The summed E-state index contributed by atoms with van der Waals surface area (Å²) in [6, 6.07) is 7.34. The smallest absolute Gasteiger partial charge is 0.257 e. The van der Waals surface area contributed by atoms with Crippen LogP contribution in [-0.2, 0) is 13.0 Å². The maximum Gasteiger partial charge on any atom is 0.257 e. The van der Waals surface area contributed by atoms with Gasteiger partial charge in [0.05, 0.1) is 12.7 Å². The van der Waals surface area contributed by atoms with Gasteiger partial charge in [-0.05, 0) is 30.3 Å². The number of hydrogen-bond donors (Lipinski definition) is 1. The molecular weight excluding hydrogens is 345 g/mol. The van der Waals surface area contributed by atoms with E-state index in [0.29, 0.717) is 18.7 Å². The number of carbonyl (C=O) groups is 1. The normalized spacial score (nSPS) is 13.8. The molecule has 0 unspecified atom stereocenters. The Bertz CT molecular complexity index is 1030. The van der Waals surface area contributed by atoms with Crippen molar-refractivity contribution in [3.63, 3.8) is 0 Å². The third-order valence-electron chi connectivity index (χ3n) is 4.74. The molecule has 1 amide bonds. The minimum Gasteiger partial charge on any atom is -0.497 e. The first kappa shape index (κ1) is 16.5. The molecule has 0 atom stereocenters. The molecule has 0 saturated heterocycles. The molecule has 134 valence electrons. The fourth-order valence-electron chi connectivity index (χ4n) is 3.36. The minimum absolute atomic E-state index is 0.250. The van der Waals surface area contributed by atoms with Crippen molar-refractivity contribution in [3.8, 4) is 5.75 Å². The number of amides is 1. The molecule has 2 heterocycles. The standard InChI is InChI=1S/C19H15F3N2O2/c1-26-10-2-5-15-12(8-10)13-9-24(7-6-16(13)23-15)19(25)11-3-4-14(20)18(22)17(11)21/h2-5,8,23H,6-7,9H2,1H3. The van der Waals surface area contributed by atoms with E-state index in [9.17, 15) is 18.0 Å². The Hall–Kier alpha value is -2.96.